The Kier molecular flexibility index (Phi) is 7.37. The van der Waals surface area contributed by atoms with Crippen LogP contribution in [0.15, 0.2) is 72.8 Å². The lowest BCUT2D eigenvalue weighted by Gasteiger charge is -2.26. The second-order valence-corrected chi connectivity index (χ2v) is 9.94. The van der Waals surface area contributed by atoms with Crippen molar-refractivity contribution in [2.75, 3.05) is 23.7 Å². The Morgan fingerprint density at radius 1 is 0.946 bits per heavy atom. The molecule has 0 aliphatic carbocycles. The zero-order chi connectivity index (χ0) is 25.8. The van der Waals surface area contributed by atoms with Crippen LogP contribution in [-0.2, 0) is 16.1 Å². The summed E-state index contributed by atoms with van der Waals surface area (Å²) in [5.74, 6) is -0.618. The van der Waals surface area contributed by atoms with Crippen LogP contribution in [0, 0.1) is 0 Å². The molecule has 6 nitrogen and oxygen atoms in total. The normalized spacial score (nSPS) is 16.8. The number of esters is 1. The molecule has 0 aromatic heterocycles. The standard InChI is InChI=1S/C31H33N3O3/c1-21(2)37-31(36)24-13-16-26-27(19-24)33-30(35)28(26)29(23-9-5-3-6-10-23)32-25-14-11-22(12-15-25)20-34-17-7-4-8-18-34/h3,5-6,9-16,19,21,32H,4,7-8,17-18,20H2,1-2H3,(H,33,35)/b29-28-. The number of hydrogen-bond donors (Lipinski definition) is 2. The number of piperidine rings is 1. The first-order valence-corrected chi connectivity index (χ1v) is 13.0. The molecule has 0 atom stereocenters. The van der Waals surface area contributed by atoms with E-state index in [0.717, 1.165) is 42.1 Å². The van der Waals surface area contributed by atoms with Gasteiger partial charge in [-0.15, -0.1) is 0 Å². The van der Waals surface area contributed by atoms with Crippen molar-refractivity contribution < 1.29 is 14.3 Å². The summed E-state index contributed by atoms with van der Waals surface area (Å²) in [7, 11) is 0. The molecule has 2 aliphatic rings. The van der Waals surface area contributed by atoms with Crippen LogP contribution in [0.2, 0.25) is 0 Å². The van der Waals surface area contributed by atoms with E-state index in [4.69, 9.17) is 4.74 Å². The third kappa shape index (κ3) is 5.75. The highest BCUT2D eigenvalue weighted by Gasteiger charge is 2.29. The van der Waals surface area contributed by atoms with Crippen molar-refractivity contribution in [3.8, 4) is 0 Å². The number of hydrogen-bond acceptors (Lipinski definition) is 5. The molecule has 1 fully saturated rings. The molecule has 0 unspecified atom stereocenters. The average molecular weight is 496 g/mol. The zero-order valence-electron chi connectivity index (χ0n) is 21.4. The number of anilines is 2. The molecule has 5 rings (SSSR count). The minimum absolute atomic E-state index is 0.211. The summed E-state index contributed by atoms with van der Waals surface area (Å²) in [5, 5.41) is 6.45. The molecular formula is C31H33N3O3. The largest absolute Gasteiger partial charge is 0.459 e. The van der Waals surface area contributed by atoms with Crippen LogP contribution in [0.25, 0.3) is 11.3 Å². The lowest BCUT2D eigenvalue weighted by Crippen LogP contribution is -2.29. The summed E-state index contributed by atoms with van der Waals surface area (Å²) >= 11 is 0. The highest BCUT2D eigenvalue weighted by Crippen LogP contribution is 2.38. The lowest BCUT2D eigenvalue weighted by atomic mass is 9.99. The van der Waals surface area contributed by atoms with E-state index in [1.165, 1.54) is 24.8 Å². The summed E-state index contributed by atoms with van der Waals surface area (Å²) in [6.07, 6.45) is 3.66. The smallest absolute Gasteiger partial charge is 0.338 e. The van der Waals surface area contributed by atoms with Crippen LogP contribution >= 0.6 is 0 Å². The molecule has 0 spiro atoms. The highest BCUT2D eigenvalue weighted by molar-refractivity contribution is 6.37. The maximum Gasteiger partial charge on any atom is 0.338 e. The lowest BCUT2D eigenvalue weighted by molar-refractivity contribution is -0.110. The number of benzene rings is 3. The summed E-state index contributed by atoms with van der Waals surface area (Å²) < 4.78 is 5.32. The van der Waals surface area contributed by atoms with Gasteiger partial charge in [-0.25, -0.2) is 4.79 Å². The van der Waals surface area contributed by atoms with Crippen LogP contribution in [0.1, 0.15) is 60.2 Å². The summed E-state index contributed by atoms with van der Waals surface area (Å²) in [5.41, 5.74) is 6.12. The van der Waals surface area contributed by atoms with E-state index in [-0.39, 0.29) is 12.0 Å². The van der Waals surface area contributed by atoms with Crippen molar-refractivity contribution in [1.82, 2.24) is 4.90 Å². The van der Waals surface area contributed by atoms with E-state index < -0.39 is 5.97 Å². The summed E-state index contributed by atoms with van der Waals surface area (Å²) in [6.45, 7) is 6.91. The predicted molar refractivity (Wildman–Crippen MR) is 148 cm³/mol. The Balaban J connectivity index is 1.46. The number of fused-ring (bicyclic) bond motifs is 1. The monoisotopic (exact) mass is 495 g/mol. The van der Waals surface area contributed by atoms with Gasteiger partial charge >= 0.3 is 5.97 Å². The van der Waals surface area contributed by atoms with E-state index in [2.05, 4.69) is 39.8 Å². The first-order valence-electron chi connectivity index (χ1n) is 13.0. The van der Waals surface area contributed by atoms with Gasteiger partial charge in [-0.1, -0.05) is 55.0 Å². The van der Waals surface area contributed by atoms with Crippen molar-refractivity contribution in [2.45, 2.75) is 45.8 Å². The molecule has 0 saturated carbocycles. The van der Waals surface area contributed by atoms with Gasteiger partial charge in [-0.05, 0) is 75.2 Å². The van der Waals surface area contributed by atoms with Gasteiger partial charge in [0.15, 0.2) is 0 Å². The Bertz CT molecular complexity index is 1310. The van der Waals surface area contributed by atoms with Gasteiger partial charge in [0.1, 0.15) is 0 Å². The van der Waals surface area contributed by atoms with Crippen molar-refractivity contribution in [2.24, 2.45) is 0 Å². The fraction of sp³-hybridized carbons (Fsp3) is 0.290. The Morgan fingerprint density at radius 3 is 2.38 bits per heavy atom. The first-order chi connectivity index (χ1) is 18.0. The van der Waals surface area contributed by atoms with Gasteiger partial charge < -0.3 is 15.4 Å². The Labute approximate surface area is 218 Å². The summed E-state index contributed by atoms with van der Waals surface area (Å²) in [6, 6.07) is 23.5. The van der Waals surface area contributed by atoms with Gasteiger partial charge in [-0.2, -0.15) is 0 Å². The number of amides is 1. The molecule has 2 aliphatic heterocycles. The second kappa shape index (κ2) is 11.0. The number of ether oxygens (including phenoxy) is 1. The molecule has 2 heterocycles. The minimum Gasteiger partial charge on any atom is -0.459 e. The van der Waals surface area contributed by atoms with Gasteiger partial charge in [0, 0.05) is 17.8 Å². The minimum atomic E-state index is -0.407. The fourth-order valence-corrected chi connectivity index (χ4v) is 4.93. The van der Waals surface area contributed by atoms with Crippen LogP contribution in [0.4, 0.5) is 11.4 Å². The Hall–Kier alpha value is -3.90. The predicted octanol–water partition coefficient (Wildman–Crippen LogP) is 6.17. The molecular weight excluding hydrogens is 462 g/mol. The first kappa shape index (κ1) is 24.8. The SMILES string of the molecule is CC(C)OC(=O)c1ccc2c(c1)NC(=O)/C2=C(\Nc1ccc(CN2CCCCC2)cc1)c1ccccc1. The maximum absolute atomic E-state index is 13.2. The molecule has 6 heteroatoms. The van der Waals surface area contributed by atoms with Gasteiger partial charge in [-0.3, -0.25) is 9.69 Å². The number of nitrogens with one attached hydrogen (secondary N) is 2. The third-order valence-electron chi connectivity index (χ3n) is 6.73. The molecule has 37 heavy (non-hydrogen) atoms. The van der Waals surface area contributed by atoms with Crippen LogP contribution in [0.5, 0.6) is 0 Å². The third-order valence-corrected chi connectivity index (χ3v) is 6.73. The van der Waals surface area contributed by atoms with E-state index in [9.17, 15) is 9.59 Å². The molecule has 190 valence electrons. The molecule has 3 aromatic carbocycles. The number of nitrogens with zero attached hydrogens (tertiary/aromatic N) is 1. The maximum atomic E-state index is 13.2. The summed E-state index contributed by atoms with van der Waals surface area (Å²) in [4.78, 5) is 28.2. The van der Waals surface area contributed by atoms with Crippen LogP contribution in [-0.4, -0.2) is 36.0 Å². The number of carbonyl (C=O) groups excluding carboxylic acids is 2. The van der Waals surface area contributed by atoms with Crippen molar-refractivity contribution in [1.29, 1.82) is 0 Å². The van der Waals surface area contributed by atoms with Crippen molar-refractivity contribution in [3.63, 3.8) is 0 Å². The molecule has 0 radical (unpaired) electrons. The van der Waals surface area contributed by atoms with E-state index >= 15 is 0 Å². The number of rotatable bonds is 7. The van der Waals surface area contributed by atoms with Crippen LogP contribution < -0.4 is 10.6 Å². The number of likely N-dealkylation sites (tertiary alicyclic amines) is 1. The van der Waals surface area contributed by atoms with Gasteiger partial charge in [0.2, 0.25) is 0 Å². The molecule has 0 bridgehead atoms. The van der Waals surface area contributed by atoms with Crippen molar-refractivity contribution in [3.05, 3.63) is 95.1 Å². The topological polar surface area (TPSA) is 70.7 Å². The second-order valence-electron chi connectivity index (χ2n) is 9.94. The van der Waals surface area contributed by atoms with Crippen LogP contribution in [0.3, 0.4) is 0 Å². The van der Waals surface area contributed by atoms with E-state index in [0.29, 0.717) is 16.8 Å². The zero-order valence-corrected chi connectivity index (χ0v) is 21.4. The quantitative estimate of drug-likeness (QED) is 0.303. The van der Waals surface area contributed by atoms with Gasteiger partial charge in [0.25, 0.3) is 5.91 Å². The number of carbonyl (C=O) groups is 2. The van der Waals surface area contributed by atoms with Gasteiger partial charge in [0.05, 0.1) is 28.6 Å². The van der Waals surface area contributed by atoms with Crippen molar-refractivity contribution >= 4 is 34.5 Å². The average Bonchev–Trinajstić information content (AvgIpc) is 3.23. The molecule has 3 aromatic rings. The molecule has 1 saturated heterocycles. The van der Waals surface area contributed by atoms with E-state index in [1.54, 1.807) is 12.1 Å². The Morgan fingerprint density at radius 2 is 1.68 bits per heavy atom. The molecule has 2 N–H and O–H groups in total. The van der Waals surface area contributed by atoms with E-state index in [1.807, 2.05) is 50.2 Å². The highest BCUT2D eigenvalue weighted by atomic mass is 16.5. The molecule has 1 amide bonds. The fourth-order valence-electron chi connectivity index (χ4n) is 4.93.